The molecule has 2 saturated heterocycles. The second kappa shape index (κ2) is 4.66. The summed E-state index contributed by atoms with van der Waals surface area (Å²) in [6, 6.07) is 0. The van der Waals surface area contributed by atoms with Crippen LogP contribution in [0.2, 0.25) is 0 Å². The van der Waals surface area contributed by atoms with E-state index in [9.17, 15) is 0 Å². The van der Waals surface area contributed by atoms with Crippen molar-refractivity contribution in [1.82, 2.24) is 4.90 Å². The van der Waals surface area contributed by atoms with E-state index < -0.39 is 0 Å². The summed E-state index contributed by atoms with van der Waals surface area (Å²) in [6.45, 7) is 4.91. The molecule has 2 heteroatoms. The molecule has 0 amide bonds. The van der Waals surface area contributed by atoms with Crippen LogP contribution >= 0.6 is 0 Å². The number of rotatable bonds is 2. The maximum Gasteiger partial charge on any atom is 0.0702 e. The van der Waals surface area contributed by atoms with Crippen molar-refractivity contribution in [1.29, 1.82) is 0 Å². The standard InChI is InChI=1S/C14H25NO/c1-4-10-16-13(5-1)11-15-9-8-14(12-15)6-2-3-7-14/h13H,1-12H2/t13-/m1/s1. The summed E-state index contributed by atoms with van der Waals surface area (Å²) in [5.74, 6) is 0. The first kappa shape index (κ1) is 11.0. The Kier molecular flexibility index (Phi) is 3.21. The van der Waals surface area contributed by atoms with Crippen LogP contribution in [0.5, 0.6) is 0 Å². The number of nitrogens with zero attached hydrogens (tertiary/aromatic N) is 1. The monoisotopic (exact) mass is 223 g/mol. The smallest absolute Gasteiger partial charge is 0.0702 e. The fourth-order valence-electron chi connectivity index (χ4n) is 3.96. The van der Waals surface area contributed by atoms with Gasteiger partial charge < -0.3 is 9.64 Å². The lowest BCUT2D eigenvalue weighted by Crippen LogP contribution is -2.35. The molecule has 0 radical (unpaired) electrons. The van der Waals surface area contributed by atoms with E-state index in [4.69, 9.17) is 4.74 Å². The maximum atomic E-state index is 5.85. The number of likely N-dealkylation sites (tertiary alicyclic amines) is 1. The van der Waals surface area contributed by atoms with Crippen molar-refractivity contribution in [3.05, 3.63) is 0 Å². The summed E-state index contributed by atoms with van der Waals surface area (Å²) in [5, 5.41) is 0. The van der Waals surface area contributed by atoms with Crippen molar-refractivity contribution in [2.45, 2.75) is 57.5 Å². The Labute approximate surface area is 99.3 Å². The molecule has 2 heterocycles. The van der Waals surface area contributed by atoms with Gasteiger partial charge in [0.2, 0.25) is 0 Å². The predicted molar refractivity (Wildman–Crippen MR) is 65.5 cm³/mol. The van der Waals surface area contributed by atoms with Crippen LogP contribution in [0.1, 0.15) is 51.4 Å². The Hall–Kier alpha value is -0.0800. The summed E-state index contributed by atoms with van der Waals surface area (Å²) in [5.41, 5.74) is 0.731. The lowest BCUT2D eigenvalue weighted by molar-refractivity contribution is -0.00346. The zero-order valence-corrected chi connectivity index (χ0v) is 10.4. The normalized spacial score (nSPS) is 34.9. The summed E-state index contributed by atoms with van der Waals surface area (Å²) in [4.78, 5) is 2.68. The first-order chi connectivity index (χ1) is 7.86. The first-order valence-electron chi connectivity index (χ1n) is 7.20. The molecule has 1 atom stereocenters. The fraction of sp³-hybridized carbons (Fsp3) is 1.00. The third-order valence-corrected chi connectivity index (χ3v) is 4.92. The van der Waals surface area contributed by atoms with Crippen LogP contribution in [-0.2, 0) is 4.74 Å². The molecule has 92 valence electrons. The molecule has 1 spiro atoms. The van der Waals surface area contributed by atoms with Crippen molar-refractivity contribution < 1.29 is 4.74 Å². The molecule has 0 aromatic rings. The van der Waals surface area contributed by atoms with Gasteiger partial charge in [0.25, 0.3) is 0 Å². The van der Waals surface area contributed by atoms with Crippen LogP contribution in [0.3, 0.4) is 0 Å². The Morgan fingerprint density at radius 1 is 1.06 bits per heavy atom. The molecular formula is C14H25NO. The lowest BCUT2D eigenvalue weighted by atomic mass is 9.86. The lowest BCUT2D eigenvalue weighted by Gasteiger charge is -2.28. The molecule has 0 bridgehead atoms. The van der Waals surface area contributed by atoms with Gasteiger partial charge in [0.05, 0.1) is 6.10 Å². The highest BCUT2D eigenvalue weighted by Crippen LogP contribution is 2.45. The Bertz CT molecular complexity index is 229. The Balaban J connectivity index is 1.49. The topological polar surface area (TPSA) is 12.5 Å². The molecule has 2 aliphatic heterocycles. The van der Waals surface area contributed by atoms with Gasteiger partial charge in [0, 0.05) is 19.7 Å². The van der Waals surface area contributed by atoms with Gasteiger partial charge in [0.1, 0.15) is 0 Å². The van der Waals surface area contributed by atoms with E-state index in [-0.39, 0.29) is 0 Å². The van der Waals surface area contributed by atoms with E-state index in [1.165, 1.54) is 71.0 Å². The van der Waals surface area contributed by atoms with Gasteiger partial charge in [-0.25, -0.2) is 0 Å². The SMILES string of the molecule is C1CC[C@H](CN2CCC3(CCCC3)C2)OC1. The van der Waals surface area contributed by atoms with E-state index in [1.807, 2.05) is 0 Å². The third kappa shape index (κ3) is 2.28. The van der Waals surface area contributed by atoms with Crippen LogP contribution in [0, 0.1) is 5.41 Å². The molecule has 0 aromatic heterocycles. The van der Waals surface area contributed by atoms with Crippen molar-refractivity contribution in [2.75, 3.05) is 26.2 Å². The van der Waals surface area contributed by atoms with Gasteiger partial charge in [-0.1, -0.05) is 12.8 Å². The zero-order valence-electron chi connectivity index (χ0n) is 10.4. The van der Waals surface area contributed by atoms with Crippen LogP contribution in [0.4, 0.5) is 0 Å². The van der Waals surface area contributed by atoms with Crippen molar-refractivity contribution in [2.24, 2.45) is 5.41 Å². The molecule has 3 rings (SSSR count). The molecule has 3 fully saturated rings. The van der Waals surface area contributed by atoms with Crippen molar-refractivity contribution in [3.8, 4) is 0 Å². The van der Waals surface area contributed by atoms with E-state index in [0.29, 0.717) is 6.10 Å². The minimum Gasteiger partial charge on any atom is -0.377 e. The predicted octanol–water partition coefficient (Wildman–Crippen LogP) is 2.82. The summed E-state index contributed by atoms with van der Waals surface area (Å²) in [7, 11) is 0. The van der Waals surface area contributed by atoms with Crippen LogP contribution in [-0.4, -0.2) is 37.2 Å². The Morgan fingerprint density at radius 2 is 1.94 bits per heavy atom. The second-order valence-corrected chi connectivity index (χ2v) is 6.18. The van der Waals surface area contributed by atoms with E-state index in [0.717, 1.165) is 12.0 Å². The highest BCUT2D eigenvalue weighted by molar-refractivity contribution is 4.93. The van der Waals surface area contributed by atoms with Gasteiger partial charge in [0.15, 0.2) is 0 Å². The number of hydrogen-bond acceptors (Lipinski definition) is 2. The molecule has 1 aliphatic carbocycles. The van der Waals surface area contributed by atoms with Crippen molar-refractivity contribution >= 4 is 0 Å². The molecule has 2 nitrogen and oxygen atoms in total. The average Bonchev–Trinajstić information content (AvgIpc) is 2.92. The molecule has 3 aliphatic rings. The zero-order chi connectivity index (χ0) is 10.8. The highest BCUT2D eigenvalue weighted by Gasteiger charge is 2.40. The minimum absolute atomic E-state index is 0.547. The summed E-state index contributed by atoms with van der Waals surface area (Å²) < 4.78 is 5.85. The summed E-state index contributed by atoms with van der Waals surface area (Å²) >= 11 is 0. The van der Waals surface area contributed by atoms with Gasteiger partial charge in [-0.3, -0.25) is 0 Å². The number of hydrogen-bond donors (Lipinski definition) is 0. The van der Waals surface area contributed by atoms with E-state index in [2.05, 4.69) is 4.90 Å². The van der Waals surface area contributed by atoms with Crippen LogP contribution < -0.4 is 0 Å². The van der Waals surface area contributed by atoms with Crippen LogP contribution in [0.15, 0.2) is 0 Å². The summed E-state index contributed by atoms with van der Waals surface area (Å²) in [6.07, 6.45) is 11.9. The van der Waals surface area contributed by atoms with Gasteiger partial charge in [-0.2, -0.15) is 0 Å². The fourth-order valence-corrected chi connectivity index (χ4v) is 3.96. The van der Waals surface area contributed by atoms with Gasteiger partial charge >= 0.3 is 0 Å². The third-order valence-electron chi connectivity index (χ3n) is 4.92. The van der Waals surface area contributed by atoms with E-state index in [1.54, 1.807) is 0 Å². The molecule has 0 aromatic carbocycles. The molecule has 1 saturated carbocycles. The molecule has 0 unspecified atom stereocenters. The van der Waals surface area contributed by atoms with Gasteiger partial charge in [-0.05, 0) is 50.5 Å². The van der Waals surface area contributed by atoms with Crippen molar-refractivity contribution in [3.63, 3.8) is 0 Å². The van der Waals surface area contributed by atoms with E-state index >= 15 is 0 Å². The molecule has 16 heavy (non-hydrogen) atoms. The average molecular weight is 223 g/mol. The molecular weight excluding hydrogens is 198 g/mol. The van der Waals surface area contributed by atoms with Gasteiger partial charge in [-0.15, -0.1) is 0 Å². The highest BCUT2D eigenvalue weighted by atomic mass is 16.5. The quantitative estimate of drug-likeness (QED) is 0.714. The largest absolute Gasteiger partial charge is 0.377 e. The minimum atomic E-state index is 0.547. The Morgan fingerprint density at radius 3 is 2.69 bits per heavy atom. The second-order valence-electron chi connectivity index (χ2n) is 6.18. The van der Waals surface area contributed by atoms with Crippen LogP contribution in [0.25, 0.3) is 0 Å². The number of ether oxygens (including phenoxy) is 1. The molecule has 0 N–H and O–H groups in total. The first-order valence-corrected chi connectivity index (χ1v) is 7.20. The maximum absolute atomic E-state index is 5.85.